The molecule has 0 N–H and O–H groups in total. The second-order valence-corrected chi connectivity index (χ2v) is 6.02. The topological polar surface area (TPSA) is 33.2 Å². The molecule has 1 atom stereocenters. The molecule has 0 saturated heterocycles. The number of pyridine rings is 1. The van der Waals surface area contributed by atoms with E-state index in [1.54, 1.807) is 29.7 Å². The van der Waals surface area contributed by atoms with Gasteiger partial charge in [0.05, 0.1) is 6.04 Å². The fourth-order valence-corrected chi connectivity index (χ4v) is 3.58. The first-order valence-corrected chi connectivity index (χ1v) is 7.41. The van der Waals surface area contributed by atoms with Gasteiger partial charge in [0.25, 0.3) is 5.91 Å². The molecule has 2 aromatic rings. The Kier molecular flexibility index (Phi) is 3.29. The van der Waals surface area contributed by atoms with E-state index < -0.39 is 0 Å². The van der Waals surface area contributed by atoms with Crippen molar-refractivity contribution in [3.63, 3.8) is 0 Å². The number of hydrogen-bond donors (Lipinski definition) is 0. The van der Waals surface area contributed by atoms with Gasteiger partial charge in [-0.25, -0.2) is 0 Å². The van der Waals surface area contributed by atoms with Crippen molar-refractivity contribution < 1.29 is 4.79 Å². The minimum atomic E-state index is -0.0492. The van der Waals surface area contributed by atoms with Gasteiger partial charge in [-0.1, -0.05) is 11.6 Å². The van der Waals surface area contributed by atoms with Crippen LogP contribution in [0.15, 0.2) is 29.8 Å². The van der Waals surface area contributed by atoms with E-state index in [4.69, 9.17) is 11.6 Å². The van der Waals surface area contributed by atoms with Gasteiger partial charge in [-0.2, -0.15) is 0 Å². The summed E-state index contributed by atoms with van der Waals surface area (Å²) >= 11 is 7.69. The Hall–Kier alpha value is -1.39. The summed E-state index contributed by atoms with van der Waals surface area (Å²) < 4.78 is 0. The summed E-state index contributed by atoms with van der Waals surface area (Å²) in [6, 6.07) is 5.51. The highest BCUT2D eigenvalue weighted by molar-refractivity contribution is 7.10. The van der Waals surface area contributed by atoms with Gasteiger partial charge in [0.15, 0.2) is 0 Å². The summed E-state index contributed by atoms with van der Waals surface area (Å²) in [5, 5.41) is 2.63. The fourth-order valence-electron chi connectivity index (χ4n) is 2.46. The number of halogens is 1. The first kappa shape index (κ1) is 12.6. The zero-order chi connectivity index (χ0) is 13.4. The third-order valence-corrected chi connectivity index (χ3v) is 4.71. The predicted molar refractivity (Wildman–Crippen MR) is 76.7 cm³/mol. The van der Waals surface area contributed by atoms with Crippen LogP contribution in [-0.4, -0.2) is 22.3 Å². The molecular formula is C14H13ClN2OS. The van der Waals surface area contributed by atoms with Crippen molar-refractivity contribution in [1.82, 2.24) is 9.88 Å². The quantitative estimate of drug-likeness (QED) is 0.805. The van der Waals surface area contributed by atoms with E-state index in [9.17, 15) is 4.79 Å². The summed E-state index contributed by atoms with van der Waals surface area (Å²) in [5.41, 5.74) is 1.67. The molecule has 98 valence electrons. The lowest BCUT2D eigenvalue weighted by molar-refractivity contribution is 0.0673. The smallest absolute Gasteiger partial charge is 0.273 e. The van der Waals surface area contributed by atoms with Crippen LogP contribution in [0.1, 0.15) is 33.9 Å². The minimum absolute atomic E-state index is 0.0492. The van der Waals surface area contributed by atoms with E-state index in [0.29, 0.717) is 10.7 Å². The van der Waals surface area contributed by atoms with Gasteiger partial charge in [-0.15, -0.1) is 11.3 Å². The average molecular weight is 293 g/mol. The molecule has 1 unspecified atom stereocenters. The lowest BCUT2D eigenvalue weighted by atomic mass is 10.0. The number of hydrogen-bond acceptors (Lipinski definition) is 3. The molecule has 1 aliphatic heterocycles. The van der Waals surface area contributed by atoms with Crippen LogP contribution in [0.2, 0.25) is 5.02 Å². The largest absolute Gasteiger partial charge is 0.330 e. The monoisotopic (exact) mass is 292 g/mol. The van der Waals surface area contributed by atoms with Crippen LogP contribution >= 0.6 is 22.9 Å². The Morgan fingerprint density at radius 3 is 3.16 bits per heavy atom. The maximum Gasteiger partial charge on any atom is 0.273 e. The first-order chi connectivity index (χ1) is 9.16. The Bertz CT molecular complexity index is 625. The molecule has 3 rings (SSSR count). The van der Waals surface area contributed by atoms with Gasteiger partial charge >= 0.3 is 0 Å². The maximum atomic E-state index is 12.5. The molecule has 0 saturated carbocycles. The van der Waals surface area contributed by atoms with Crippen LogP contribution in [0, 0.1) is 0 Å². The van der Waals surface area contributed by atoms with E-state index in [1.807, 2.05) is 4.90 Å². The molecule has 0 aliphatic carbocycles. The number of fused-ring (bicyclic) bond motifs is 1. The molecule has 0 spiro atoms. The van der Waals surface area contributed by atoms with E-state index in [1.165, 1.54) is 10.4 Å². The van der Waals surface area contributed by atoms with Gasteiger partial charge in [0.1, 0.15) is 5.69 Å². The third-order valence-electron chi connectivity index (χ3n) is 3.48. The van der Waals surface area contributed by atoms with Gasteiger partial charge < -0.3 is 4.90 Å². The predicted octanol–water partition coefficient (Wildman–Crippen LogP) is 3.56. The highest BCUT2D eigenvalue weighted by Crippen LogP contribution is 2.33. The molecule has 5 heteroatoms. The summed E-state index contributed by atoms with van der Waals surface area (Å²) in [6.45, 7) is 2.80. The van der Waals surface area contributed by atoms with Gasteiger partial charge in [-0.3, -0.25) is 9.78 Å². The molecule has 1 aliphatic rings. The molecule has 3 heterocycles. The van der Waals surface area contributed by atoms with Crippen LogP contribution in [-0.2, 0) is 6.42 Å². The number of thiophene rings is 1. The minimum Gasteiger partial charge on any atom is -0.330 e. The standard InChI is InChI=1S/C14H13ClN2OS/c1-9-11-4-7-19-13(11)3-6-17(9)14(18)12-8-10(15)2-5-16-12/h2,4-5,7-9H,3,6H2,1H3. The molecule has 2 aromatic heterocycles. The Morgan fingerprint density at radius 1 is 1.53 bits per heavy atom. The number of nitrogens with zero attached hydrogens (tertiary/aromatic N) is 2. The van der Waals surface area contributed by atoms with Crippen molar-refractivity contribution in [2.24, 2.45) is 0 Å². The summed E-state index contributed by atoms with van der Waals surface area (Å²) in [5.74, 6) is -0.0492. The van der Waals surface area contributed by atoms with Crippen LogP contribution < -0.4 is 0 Å². The Labute approximate surface area is 120 Å². The van der Waals surface area contributed by atoms with Crippen molar-refractivity contribution in [1.29, 1.82) is 0 Å². The zero-order valence-electron chi connectivity index (χ0n) is 10.5. The lowest BCUT2D eigenvalue weighted by Crippen LogP contribution is -2.38. The van der Waals surface area contributed by atoms with Crippen molar-refractivity contribution in [2.45, 2.75) is 19.4 Å². The van der Waals surface area contributed by atoms with E-state index >= 15 is 0 Å². The maximum absolute atomic E-state index is 12.5. The fraction of sp³-hybridized carbons (Fsp3) is 0.286. The van der Waals surface area contributed by atoms with Crippen LogP contribution in [0.4, 0.5) is 0 Å². The van der Waals surface area contributed by atoms with Gasteiger partial charge in [0, 0.05) is 22.6 Å². The first-order valence-electron chi connectivity index (χ1n) is 6.15. The van der Waals surface area contributed by atoms with Crippen LogP contribution in [0.3, 0.4) is 0 Å². The second-order valence-electron chi connectivity index (χ2n) is 4.58. The number of carbonyl (C=O) groups is 1. The molecule has 0 bridgehead atoms. The summed E-state index contributed by atoms with van der Waals surface area (Å²) in [7, 11) is 0. The van der Waals surface area contributed by atoms with E-state index in [0.717, 1.165) is 13.0 Å². The third kappa shape index (κ3) is 2.26. The van der Waals surface area contributed by atoms with E-state index in [-0.39, 0.29) is 11.9 Å². The lowest BCUT2D eigenvalue weighted by Gasteiger charge is -2.33. The van der Waals surface area contributed by atoms with Crippen molar-refractivity contribution in [3.05, 3.63) is 50.9 Å². The average Bonchev–Trinajstić information content (AvgIpc) is 2.88. The van der Waals surface area contributed by atoms with Crippen LogP contribution in [0.5, 0.6) is 0 Å². The molecular weight excluding hydrogens is 280 g/mol. The normalized spacial score (nSPS) is 18.2. The zero-order valence-corrected chi connectivity index (χ0v) is 12.0. The summed E-state index contributed by atoms with van der Waals surface area (Å²) in [4.78, 5) is 19.9. The second kappa shape index (κ2) is 4.94. The number of carbonyl (C=O) groups excluding carboxylic acids is 1. The number of amides is 1. The van der Waals surface area contributed by atoms with Gasteiger partial charge in [-0.05, 0) is 42.5 Å². The van der Waals surface area contributed by atoms with Crippen molar-refractivity contribution >= 4 is 28.8 Å². The van der Waals surface area contributed by atoms with Crippen molar-refractivity contribution in [2.75, 3.05) is 6.54 Å². The number of aromatic nitrogens is 1. The molecule has 1 amide bonds. The van der Waals surface area contributed by atoms with E-state index in [2.05, 4.69) is 23.4 Å². The number of rotatable bonds is 1. The van der Waals surface area contributed by atoms with Crippen molar-refractivity contribution in [3.8, 4) is 0 Å². The molecule has 0 aromatic carbocycles. The molecule has 19 heavy (non-hydrogen) atoms. The van der Waals surface area contributed by atoms with Gasteiger partial charge in [0.2, 0.25) is 0 Å². The van der Waals surface area contributed by atoms with Crippen LogP contribution in [0.25, 0.3) is 0 Å². The molecule has 0 radical (unpaired) electrons. The highest BCUT2D eigenvalue weighted by atomic mass is 35.5. The Morgan fingerprint density at radius 2 is 2.37 bits per heavy atom. The SMILES string of the molecule is CC1c2ccsc2CCN1C(=O)c1cc(Cl)ccn1. The highest BCUT2D eigenvalue weighted by Gasteiger charge is 2.29. The summed E-state index contributed by atoms with van der Waals surface area (Å²) in [6.07, 6.45) is 2.49. The molecule has 0 fully saturated rings. The molecule has 3 nitrogen and oxygen atoms in total. The Balaban J connectivity index is 1.90.